The second-order valence-corrected chi connectivity index (χ2v) is 5.44. The quantitative estimate of drug-likeness (QED) is 0.807. The van der Waals surface area contributed by atoms with Crippen LogP contribution in [0.25, 0.3) is 0 Å². The van der Waals surface area contributed by atoms with Gasteiger partial charge in [-0.1, -0.05) is 0 Å². The van der Waals surface area contributed by atoms with Gasteiger partial charge in [0.15, 0.2) is 11.7 Å². The standard InChI is InChI=1S/C14H14N4OS/c1-9-8-20-14(17-9)11(7-15)13(19)10-4-5-16-12(6-10)18(2)3/h4-6,8,11H,1-3H3/t11-/m1/s1. The summed E-state index contributed by atoms with van der Waals surface area (Å²) in [6, 6.07) is 5.36. The number of hydrogen-bond acceptors (Lipinski definition) is 6. The van der Waals surface area contributed by atoms with E-state index in [9.17, 15) is 10.1 Å². The fourth-order valence-corrected chi connectivity index (χ4v) is 2.55. The number of nitriles is 1. The molecular formula is C14H14N4OS. The molecule has 2 heterocycles. The monoisotopic (exact) mass is 286 g/mol. The molecule has 0 saturated heterocycles. The third-order valence-corrected chi connectivity index (χ3v) is 3.79. The van der Waals surface area contributed by atoms with Crippen LogP contribution in [0.15, 0.2) is 23.7 Å². The van der Waals surface area contributed by atoms with E-state index in [1.807, 2.05) is 37.4 Å². The van der Waals surface area contributed by atoms with Gasteiger partial charge in [-0.2, -0.15) is 5.26 Å². The van der Waals surface area contributed by atoms with E-state index in [4.69, 9.17) is 0 Å². The topological polar surface area (TPSA) is 69.9 Å². The van der Waals surface area contributed by atoms with E-state index < -0.39 is 5.92 Å². The van der Waals surface area contributed by atoms with Gasteiger partial charge in [0.1, 0.15) is 10.8 Å². The number of ketones is 1. The summed E-state index contributed by atoms with van der Waals surface area (Å²) in [5.74, 6) is -0.415. The van der Waals surface area contributed by atoms with Gasteiger partial charge in [0, 0.05) is 36.9 Å². The number of pyridine rings is 1. The van der Waals surface area contributed by atoms with Gasteiger partial charge in [-0.05, 0) is 19.1 Å². The SMILES string of the molecule is Cc1csc([C@H](C#N)C(=O)c2ccnc(N(C)C)c2)n1. The zero-order valence-corrected chi connectivity index (χ0v) is 12.3. The van der Waals surface area contributed by atoms with Gasteiger partial charge in [0.05, 0.1) is 6.07 Å². The van der Waals surface area contributed by atoms with Crippen molar-refractivity contribution in [2.45, 2.75) is 12.8 Å². The van der Waals surface area contributed by atoms with E-state index in [0.717, 1.165) is 5.69 Å². The van der Waals surface area contributed by atoms with Crippen molar-refractivity contribution >= 4 is 22.9 Å². The largest absolute Gasteiger partial charge is 0.363 e. The molecule has 2 aromatic rings. The Morgan fingerprint density at radius 1 is 1.50 bits per heavy atom. The maximum atomic E-state index is 12.5. The van der Waals surface area contributed by atoms with Crippen LogP contribution in [-0.4, -0.2) is 29.8 Å². The van der Waals surface area contributed by atoms with Crippen molar-refractivity contribution in [1.29, 1.82) is 5.26 Å². The number of carbonyl (C=O) groups excluding carboxylic acids is 1. The van der Waals surface area contributed by atoms with Gasteiger partial charge in [-0.15, -0.1) is 11.3 Å². The predicted molar refractivity (Wildman–Crippen MR) is 78.1 cm³/mol. The number of aryl methyl sites for hydroxylation is 1. The van der Waals surface area contributed by atoms with E-state index in [2.05, 4.69) is 9.97 Å². The van der Waals surface area contributed by atoms with E-state index in [-0.39, 0.29) is 5.78 Å². The van der Waals surface area contributed by atoms with Gasteiger partial charge < -0.3 is 4.90 Å². The molecule has 1 atom stereocenters. The Labute approximate surface area is 121 Å². The molecule has 0 amide bonds. The molecule has 6 heteroatoms. The zero-order valence-electron chi connectivity index (χ0n) is 11.5. The molecule has 0 aliphatic heterocycles. The molecule has 2 aromatic heterocycles. The van der Waals surface area contributed by atoms with Crippen LogP contribution in [0.1, 0.15) is 27.0 Å². The molecule has 0 aliphatic carbocycles. The van der Waals surface area contributed by atoms with Crippen molar-refractivity contribution < 1.29 is 4.79 Å². The van der Waals surface area contributed by atoms with Crippen LogP contribution in [0.3, 0.4) is 0 Å². The highest BCUT2D eigenvalue weighted by Gasteiger charge is 2.25. The Bertz CT molecular complexity index is 672. The summed E-state index contributed by atoms with van der Waals surface area (Å²) in [5, 5.41) is 11.6. The molecule has 0 radical (unpaired) electrons. The summed E-state index contributed by atoms with van der Waals surface area (Å²) in [6.07, 6.45) is 1.57. The normalized spacial score (nSPS) is 11.7. The number of aromatic nitrogens is 2. The van der Waals surface area contributed by atoms with Crippen molar-refractivity contribution in [3.8, 4) is 6.07 Å². The number of carbonyl (C=O) groups is 1. The Kier molecular flexibility index (Phi) is 4.11. The van der Waals surface area contributed by atoms with Crippen LogP contribution >= 0.6 is 11.3 Å². The zero-order chi connectivity index (χ0) is 14.7. The number of thiazole rings is 1. The maximum Gasteiger partial charge on any atom is 0.187 e. The van der Waals surface area contributed by atoms with Gasteiger partial charge in [0.2, 0.25) is 0 Å². The van der Waals surface area contributed by atoms with Gasteiger partial charge in [-0.25, -0.2) is 9.97 Å². The summed E-state index contributed by atoms with van der Waals surface area (Å²) in [6.45, 7) is 1.84. The van der Waals surface area contributed by atoms with E-state index in [1.54, 1.807) is 18.3 Å². The molecule has 0 saturated carbocycles. The van der Waals surface area contributed by atoms with Crippen molar-refractivity contribution in [3.63, 3.8) is 0 Å². The lowest BCUT2D eigenvalue weighted by Gasteiger charge is -2.12. The number of nitrogens with zero attached hydrogens (tertiary/aromatic N) is 4. The second kappa shape index (κ2) is 5.80. The molecule has 102 valence electrons. The molecule has 0 fully saturated rings. The maximum absolute atomic E-state index is 12.5. The summed E-state index contributed by atoms with van der Waals surface area (Å²) in [7, 11) is 3.70. The highest BCUT2D eigenvalue weighted by atomic mass is 32.1. The van der Waals surface area contributed by atoms with Crippen LogP contribution in [0.2, 0.25) is 0 Å². The summed E-state index contributed by atoms with van der Waals surface area (Å²) < 4.78 is 0. The molecule has 0 N–H and O–H groups in total. The summed E-state index contributed by atoms with van der Waals surface area (Å²) in [4.78, 5) is 22.7. The minimum absolute atomic E-state index is 0.243. The number of hydrogen-bond donors (Lipinski definition) is 0. The van der Waals surface area contributed by atoms with E-state index >= 15 is 0 Å². The number of anilines is 1. The van der Waals surface area contributed by atoms with Crippen LogP contribution in [0.5, 0.6) is 0 Å². The molecular weight excluding hydrogens is 272 g/mol. The first-order valence-electron chi connectivity index (χ1n) is 6.02. The Balaban J connectivity index is 2.34. The highest BCUT2D eigenvalue weighted by molar-refractivity contribution is 7.10. The molecule has 0 aromatic carbocycles. The molecule has 20 heavy (non-hydrogen) atoms. The van der Waals surface area contributed by atoms with E-state index in [1.165, 1.54) is 11.3 Å². The number of Topliss-reactive ketones (excluding diaryl/α,β-unsaturated/α-hetero) is 1. The van der Waals surface area contributed by atoms with Crippen molar-refractivity contribution in [2.24, 2.45) is 0 Å². The van der Waals surface area contributed by atoms with E-state index in [0.29, 0.717) is 16.4 Å². The molecule has 0 spiro atoms. The lowest BCUT2D eigenvalue weighted by Crippen LogP contribution is -2.14. The minimum Gasteiger partial charge on any atom is -0.363 e. The van der Waals surface area contributed by atoms with Crippen LogP contribution < -0.4 is 4.90 Å². The van der Waals surface area contributed by atoms with Crippen LogP contribution in [0, 0.1) is 18.3 Å². The molecule has 2 rings (SSSR count). The average Bonchev–Trinajstić information content (AvgIpc) is 2.86. The van der Waals surface area contributed by atoms with Crippen LogP contribution in [0.4, 0.5) is 5.82 Å². The van der Waals surface area contributed by atoms with Gasteiger partial charge >= 0.3 is 0 Å². The van der Waals surface area contributed by atoms with Crippen molar-refractivity contribution in [1.82, 2.24) is 9.97 Å². The fraction of sp³-hybridized carbons (Fsp3) is 0.286. The average molecular weight is 286 g/mol. The van der Waals surface area contributed by atoms with Gasteiger partial charge in [0.25, 0.3) is 0 Å². The first-order chi connectivity index (χ1) is 9.52. The van der Waals surface area contributed by atoms with Gasteiger partial charge in [-0.3, -0.25) is 4.79 Å². The lowest BCUT2D eigenvalue weighted by molar-refractivity contribution is 0.0978. The molecule has 0 aliphatic rings. The first-order valence-corrected chi connectivity index (χ1v) is 6.90. The summed E-state index contributed by atoms with van der Waals surface area (Å²) >= 11 is 1.34. The fourth-order valence-electron chi connectivity index (χ4n) is 1.71. The van der Waals surface area contributed by atoms with Crippen LogP contribution in [-0.2, 0) is 0 Å². The van der Waals surface area contributed by atoms with Crippen molar-refractivity contribution in [3.05, 3.63) is 40.0 Å². The first kappa shape index (κ1) is 14.2. The Morgan fingerprint density at radius 3 is 2.80 bits per heavy atom. The molecule has 0 unspecified atom stereocenters. The third-order valence-electron chi connectivity index (χ3n) is 2.76. The predicted octanol–water partition coefficient (Wildman–Crippen LogP) is 2.40. The Hall–Kier alpha value is -2.26. The smallest absolute Gasteiger partial charge is 0.187 e. The number of rotatable bonds is 4. The second-order valence-electron chi connectivity index (χ2n) is 4.55. The minimum atomic E-state index is -0.855. The molecule has 5 nitrogen and oxygen atoms in total. The van der Waals surface area contributed by atoms with Crippen molar-refractivity contribution in [2.75, 3.05) is 19.0 Å². The highest BCUT2D eigenvalue weighted by Crippen LogP contribution is 2.24. The Morgan fingerprint density at radius 2 is 2.25 bits per heavy atom. The lowest BCUT2D eigenvalue weighted by atomic mass is 10.00. The molecule has 0 bridgehead atoms. The summed E-state index contributed by atoms with van der Waals surface area (Å²) in [5.41, 5.74) is 1.30. The third kappa shape index (κ3) is 2.83.